The Morgan fingerprint density at radius 2 is 1.89 bits per heavy atom. The van der Waals surface area contributed by atoms with Gasteiger partial charge in [0.15, 0.2) is 0 Å². The molecule has 1 aromatic carbocycles. The van der Waals surface area contributed by atoms with Gasteiger partial charge in [0.1, 0.15) is 18.3 Å². The number of aryl methyl sites for hydroxylation is 2. The van der Waals surface area contributed by atoms with Crippen LogP contribution >= 0.6 is 0 Å². The molecule has 0 fully saturated rings. The number of nitrogens with zero attached hydrogens (tertiary/aromatic N) is 1. The molecule has 7 N–H and O–H groups in total. The predicted molar refractivity (Wildman–Crippen MR) is 139 cm³/mol. The van der Waals surface area contributed by atoms with E-state index in [1.807, 2.05) is 0 Å². The Bertz CT molecular complexity index is 1300. The number of H-pyrrole nitrogens is 2. The summed E-state index contributed by atoms with van der Waals surface area (Å²) in [7, 11) is 1.80. The Balaban J connectivity index is 1.48. The average molecular weight is 529 g/mol. The number of likely N-dealkylation sites (N-methyl/N-ethyl adjacent to an activating group) is 1. The number of aliphatic carboxylic acids is 1. The fourth-order valence-electron chi connectivity index (χ4n) is 3.74. The highest BCUT2D eigenvalue weighted by molar-refractivity contribution is 5.96. The SMILES string of the molecule is CNCCOCCOC(=O)CC[C@H](NC(=O)c1ccc(CCc2c[nH]c3nc(N)[nH]c(=O)c23)cc1)C(=O)O. The maximum Gasteiger partial charge on any atom is 0.326 e. The molecule has 2 aromatic heterocycles. The van der Waals surface area contributed by atoms with E-state index < -0.39 is 23.9 Å². The quantitative estimate of drug-likeness (QED) is 0.118. The van der Waals surface area contributed by atoms with Crippen molar-refractivity contribution in [2.24, 2.45) is 0 Å². The van der Waals surface area contributed by atoms with E-state index in [1.54, 1.807) is 37.5 Å². The highest BCUT2D eigenvalue weighted by atomic mass is 16.6. The number of fused-ring (bicyclic) bond motifs is 1. The zero-order valence-electron chi connectivity index (χ0n) is 21.0. The molecule has 204 valence electrons. The first kappa shape index (κ1) is 28.3. The van der Waals surface area contributed by atoms with Crippen LogP contribution in [0.1, 0.15) is 34.3 Å². The zero-order chi connectivity index (χ0) is 27.5. The lowest BCUT2D eigenvalue weighted by molar-refractivity contribution is -0.146. The van der Waals surface area contributed by atoms with Crippen LogP contribution in [0.2, 0.25) is 0 Å². The molecule has 0 aliphatic heterocycles. The number of amides is 1. The number of carboxylic acids is 1. The lowest BCUT2D eigenvalue weighted by Crippen LogP contribution is -2.41. The van der Waals surface area contributed by atoms with Crippen LogP contribution in [0, 0.1) is 0 Å². The van der Waals surface area contributed by atoms with E-state index in [0.29, 0.717) is 37.0 Å². The minimum atomic E-state index is -1.25. The molecular formula is C25H32N6O7. The molecule has 0 bridgehead atoms. The molecule has 0 radical (unpaired) electrons. The van der Waals surface area contributed by atoms with Crippen molar-refractivity contribution in [2.75, 3.05) is 39.1 Å². The minimum Gasteiger partial charge on any atom is -0.480 e. The fourth-order valence-corrected chi connectivity index (χ4v) is 3.74. The molecule has 2 heterocycles. The number of carbonyl (C=O) groups is 3. The van der Waals surface area contributed by atoms with Crippen LogP contribution in [-0.4, -0.2) is 77.4 Å². The third-order valence-electron chi connectivity index (χ3n) is 5.77. The van der Waals surface area contributed by atoms with Crippen LogP contribution in [0.25, 0.3) is 11.0 Å². The van der Waals surface area contributed by atoms with E-state index in [1.165, 1.54) is 0 Å². The molecular weight excluding hydrogens is 496 g/mol. The van der Waals surface area contributed by atoms with Crippen LogP contribution < -0.4 is 21.9 Å². The normalized spacial score (nSPS) is 11.8. The van der Waals surface area contributed by atoms with E-state index in [2.05, 4.69) is 25.6 Å². The lowest BCUT2D eigenvalue weighted by Gasteiger charge is -2.14. The Labute approximate surface area is 218 Å². The summed E-state index contributed by atoms with van der Waals surface area (Å²) >= 11 is 0. The Morgan fingerprint density at radius 1 is 1.13 bits per heavy atom. The number of nitrogen functional groups attached to an aromatic ring is 1. The van der Waals surface area contributed by atoms with Gasteiger partial charge < -0.3 is 35.9 Å². The van der Waals surface area contributed by atoms with Gasteiger partial charge in [0.25, 0.3) is 11.5 Å². The number of aromatic amines is 2. The van der Waals surface area contributed by atoms with Crippen molar-refractivity contribution >= 4 is 34.8 Å². The summed E-state index contributed by atoms with van der Waals surface area (Å²) in [5.74, 6) is -2.34. The minimum absolute atomic E-state index is 0.0382. The van der Waals surface area contributed by atoms with Gasteiger partial charge in [-0.1, -0.05) is 12.1 Å². The lowest BCUT2D eigenvalue weighted by atomic mass is 10.0. The second kappa shape index (κ2) is 13.9. The van der Waals surface area contributed by atoms with Crippen LogP contribution in [0.4, 0.5) is 5.95 Å². The molecule has 0 saturated carbocycles. The summed E-state index contributed by atoms with van der Waals surface area (Å²) in [4.78, 5) is 57.8. The fraction of sp³-hybridized carbons (Fsp3) is 0.400. The van der Waals surface area contributed by atoms with Gasteiger partial charge in [-0.2, -0.15) is 4.98 Å². The topological polar surface area (TPSA) is 202 Å². The van der Waals surface area contributed by atoms with Crippen molar-refractivity contribution in [2.45, 2.75) is 31.7 Å². The highest BCUT2D eigenvalue weighted by Gasteiger charge is 2.22. The number of benzene rings is 1. The van der Waals surface area contributed by atoms with Gasteiger partial charge in [-0.3, -0.25) is 19.4 Å². The standard InChI is InChI=1S/C25H32N6O7/c1-27-10-11-37-12-13-38-19(32)9-8-18(24(35)36)29-22(33)16-5-2-15(3-6-16)4-7-17-14-28-21-20(17)23(34)31-25(26)30-21/h2-3,5-6,14,18,27H,4,7-13H2,1H3,(H,29,33)(H,35,36)(H4,26,28,30,31,34)/t18-/m0/s1. The molecule has 0 unspecified atom stereocenters. The van der Waals surface area contributed by atoms with E-state index in [4.69, 9.17) is 15.2 Å². The van der Waals surface area contributed by atoms with Crippen LogP contribution in [0.3, 0.4) is 0 Å². The molecule has 0 aliphatic carbocycles. The monoisotopic (exact) mass is 528 g/mol. The molecule has 0 spiro atoms. The van der Waals surface area contributed by atoms with Gasteiger partial charge in [-0.05, 0) is 49.6 Å². The third kappa shape index (κ3) is 8.15. The molecule has 38 heavy (non-hydrogen) atoms. The summed E-state index contributed by atoms with van der Waals surface area (Å²) in [6, 6.07) is 5.46. The van der Waals surface area contributed by atoms with Crippen molar-refractivity contribution in [3.8, 4) is 0 Å². The number of nitrogens with one attached hydrogen (secondary N) is 4. The van der Waals surface area contributed by atoms with Crippen LogP contribution in [0.15, 0.2) is 35.3 Å². The van der Waals surface area contributed by atoms with E-state index in [-0.39, 0.29) is 43.1 Å². The van der Waals surface area contributed by atoms with E-state index >= 15 is 0 Å². The Morgan fingerprint density at radius 3 is 2.61 bits per heavy atom. The molecule has 3 aromatic rings. The molecule has 1 atom stereocenters. The number of nitrogens with two attached hydrogens (primary N) is 1. The summed E-state index contributed by atoms with van der Waals surface area (Å²) < 4.78 is 10.3. The van der Waals surface area contributed by atoms with Gasteiger partial charge in [0, 0.05) is 24.7 Å². The van der Waals surface area contributed by atoms with Crippen molar-refractivity contribution in [1.29, 1.82) is 0 Å². The summed E-state index contributed by atoms with van der Waals surface area (Å²) in [6.07, 6.45) is 2.60. The number of hydrogen-bond donors (Lipinski definition) is 6. The smallest absolute Gasteiger partial charge is 0.326 e. The van der Waals surface area contributed by atoms with Crippen molar-refractivity contribution in [1.82, 2.24) is 25.6 Å². The number of carbonyl (C=O) groups excluding carboxylic acids is 2. The van der Waals surface area contributed by atoms with E-state index in [9.17, 15) is 24.3 Å². The average Bonchev–Trinajstić information content (AvgIpc) is 3.30. The number of carboxylic acid groups (broad SMARTS) is 1. The summed E-state index contributed by atoms with van der Waals surface area (Å²) in [5, 5.41) is 15.3. The largest absolute Gasteiger partial charge is 0.480 e. The molecule has 3 rings (SSSR count). The summed E-state index contributed by atoms with van der Waals surface area (Å²) in [6.45, 7) is 1.48. The van der Waals surface area contributed by atoms with Crippen molar-refractivity contribution in [3.63, 3.8) is 0 Å². The van der Waals surface area contributed by atoms with Crippen LogP contribution in [0.5, 0.6) is 0 Å². The summed E-state index contributed by atoms with van der Waals surface area (Å²) in [5.41, 5.74) is 7.67. The molecule has 13 nitrogen and oxygen atoms in total. The molecule has 13 heteroatoms. The Hall–Kier alpha value is -4.23. The predicted octanol–water partition coefficient (Wildman–Crippen LogP) is 0.361. The first-order valence-corrected chi connectivity index (χ1v) is 12.1. The second-order valence-electron chi connectivity index (χ2n) is 8.52. The van der Waals surface area contributed by atoms with Crippen molar-refractivity contribution in [3.05, 3.63) is 57.5 Å². The number of anilines is 1. The van der Waals surface area contributed by atoms with Gasteiger partial charge in [-0.25, -0.2) is 4.79 Å². The van der Waals surface area contributed by atoms with Gasteiger partial charge >= 0.3 is 11.9 Å². The number of rotatable bonds is 15. The number of ether oxygens (including phenoxy) is 2. The first-order valence-electron chi connectivity index (χ1n) is 12.1. The second-order valence-corrected chi connectivity index (χ2v) is 8.52. The number of esters is 1. The number of aromatic nitrogens is 3. The highest BCUT2D eigenvalue weighted by Crippen LogP contribution is 2.16. The molecule has 0 aliphatic rings. The third-order valence-corrected chi connectivity index (χ3v) is 5.77. The van der Waals surface area contributed by atoms with Crippen LogP contribution in [-0.2, 0) is 31.9 Å². The van der Waals surface area contributed by atoms with E-state index in [0.717, 1.165) is 11.1 Å². The van der Waals surface area contributed by atoms with Crippen molar-refractivity contribution < 1.29 is 29.0 Å². The Kier molecular flexibility index (Phi) is 10.4. The first-order chi connectivity index (χ1) is 18.3. The number of hydrogen-bond acceptors (Lipinski definition) is 9. The van der Waals surface area contributed by atoms with Gasteiger partial charge in [0.2, 0.25) is 5.95 Å². The molecule has 1 amide bonds. The van der Waals surface area contributed by atoms with Gasteiger partial charge in [-0.15, -0.1) is 0 Å². The van der Waals surface area contributed by atoms with Gasteiger partial charge in [0.05, 0.1) is 18.6 Å². The maximum atomic E-state index is 12.6. The molecule has 0 saturated heterocycles. The zero-order valence-corrected chi connectivity index (χ0v) is 21.0. The maximum absolute atomic E-state index is 12.6.